The molecular weight excluding hydrogens is 485 g/mol. The molecule has 2 heterocycles. The Hall–Kier alpha value is -1.81. The average molecular weight is 536 g/mol. The first kappa shape index (κ1) is 30.7. The van der Waals surface area contributed by atoms with Crippen molar-refractivity contribution in [3.05, 3.63) is 0 Å². The third-order valence-corrected chi connectivity index (χ3v) is 8.47. The lowest BCUT2D eigenvalue weighted by Crippen LogP contribution is -2.66. The molecule has 0 aromatic heterocycles. The number of hydrogen-bond acceptors (Lipinski definition) is 6. The molecule has 38 heavy (non-hydrogen) atoms. The van der Waals surface area contributed by atoms with E-state index in [1.54, 1.807) is 4.90 Å². The van der Waals surface area contributed by atoms with E-state index in [1.807, 2.05) is 69.2 Å². The van der Waals surface area contributed by atoms with E-state index in [2.05, 4.69) is 10.6 Å². The zero-order chi connectivity index (χ0) is 28.9. The van der Waals surface area contributed by atoms with Gasteiger partial charge < -0.3 is 29.6 Å². The van der Waals surface area contributed by atoms with Crippen LogP contribution in [0.2, 0.25) is 6.32 Å². The first-order valence-corrected chi connectivity index (χ1v) is 14.2. The van der Waals surface area contributed by atoms with Gasteiger partial charge in [0.25, 0.3) is 0 Å². The van der Waals surface area contributed by atoms with Gasteiger partial charge in [0.15, 0.2) is 0 Å². The van der Waals surface area contributed by atoms with Gasteiger partial charge in [-0.3, -0.25) is 9.59 Å². The third-order valence-electron chi connectivity index (χ3n) is 8.47. The fraction of sp³-hybridized carbons (Fsp3) is 0.893. The van der Waals surface area contributed by atoms with Crippen LogP contribution in [0.3, 0.4) is 0 Å². The average Bonchev–Trinajstić information content (AvgIpc) is 3.29. The topological polar surface area (TPSA) is 106 Å². The van der Waals surface area contributed by atoms with Crippen LogP contribution in [0.5, 0.6) is 0 Å². The number of likely N-dealkylation sites (tertiary alicyclic amines) is 1. The van der Waals surface area contributed by atoms with Crippen LogP contribution in [-0.2, 0) is 23.6 Å². The number of nitrogens with zero attached hydrogens (tertiary/aromatic N) is 1. The summed E-state index contributed by atoms with van der Waals surface area (Å²) in [6.07, 6.45) is 3.01. The van der Waals surface area contributed by atoms with E-state index in [1.165, 1.54) is 6.92 Å². The molecule has 0 spiro atoms. The second-order valence-corrected chi connectivity index (χ2v) is 14.4. The highest BCUT2D eigenvalue weighted by Crippen LogP contribution is 2.51. The van der Waals surface area contributed by atoms with Gasteiger partial charge in [0.1, 0.15) is 11.1 Å². The molecule has 10 heteroatoms. The van der Waals surface area contributed by atoms with E-state index in [4.69, 9.17) is 14.0 Å². The molecule has 2 saturated heterocycles. The number of fused-ring (bicyclic) bond motifs is 1. The molecule has 3 amide bonds. The molecule has 9 nitrogen and oxygen atoms in total. The Morgan fingerprint density at radius 3 is 2.11 bits per heavy atom. The lowest BCUT2D eigenvalue weighted by Gasteiger charge is -2.41. The van der Waals surface area contributed by atoms with Crippen LogP contribution in [0, 0.1) is 11.8 Å². The second kappa shape index (κ2) is 10.3. The maximum atomic E-state index is 14.1. The van der Waals surface area contributed by atoms with Crippen molar-refractivity contribution < 1.29 is 28.4 Å². The van der Waals surface area contributed by atoms with Crippen molar-refractivity contribution in [1.29, 1.82) is 0 Å². The Morgan fingerprint density at radius 1 is 1.03 bits per heavy atom. The summed E-state index contributed by atoms with van der Waals surface area (Å²) >= 11 is 0. The minimum absolute atomic E-state index is 0.156. The number of nitrogens with one attached hydrogen (secondary N) is 2. The Kier molecular flexibility index (Phi) is 8.33. The van der Waals surface area contributed by atoms with Crippen molar-refractivity contribution in [1.82, 2.24) is 15.5 Å². The third kappa shape index (κ3) is 6.32. The minimum Gasteiger partial charge on any atom is -0.444 e. The van der Waals surface area contributed by atoms with Crippen LogP contribution in [0.1, 0.15) is 102 Å². The number of carbonyl (C=O) groups excluding carboxylic acids is 3. The quantitative estimate of drug-likeness (QED) is 0.492. The monoisotopic (exact) mass is 535 g/mol. The number of ether oxygens (including phenoxy) is 1. The molecule has 3 rings (SSSR count). The van der Waals surface area contributed by atoms with Gasteiger partial charge >= 0.3 is 13.2 Å². The normalized spacial score (nSPS) is 30.2. The summed E-state index contributed by atoms with van der Waals surface area (Å²) in [6.45, 7) is 21.5. The van der Waals surface area contributed by atoms with Crippen LogP contribution < -0.4 is 10.6 Å². The van der Waals surface area contributed by atoms with Gasteiger partial charge in [-0.25, -0.2) is 4.79 Å². The number of carbonyl (C=O) groups is 3. The largest absolute Gasteiger partial charge is 0.457 e. The minimum atomic E-state index is -1.11. The van der Waals surface area contributed by atoms with E-state index in [0.29, 0.717) is 32.1 Å². The first-order chi connectivity index (χ1) is 17.2. The van der Waals surface area contributed by atoms with Gasteiger partial charge in [0, 0.05) is 31.0 Å². The van der Waals surface area contributed by atoms with Gasteiger partial charge in [-0.1, -0.05) is 6.42 Å². The number of rotatable bonds is 6. The van der Waals surface area contributed by atoms with Gasteiger partial charge in [0.05, 0.1) is 11.2 Å². The zero-order valence-electron chi connectivity index (χ0n) is 25.4. The highest BCUT2D eigenvalue weighted by molar-refractivity contribution is 6.45. The molecule has 0 aromatic rings. The molecule has 1 aliphatic carbocycles. The molecule has 2 N–H and O–H groups in total. The van der Waals surface area contributed by atoms with Crippen molar-refractivity contribution in [3.8, 4) is 0 Å². The highest BCUT2D eigenvalue weighted by Gasteiger charge is 2.64. The van der Waals surface area contributed by atoms with E-state index in [9.17, 15) is 14.4 Å². The first-order valence-electron chi connectivity index (χ1n) is 14.2. The molecule has 0 radical (unpaired) electrons. The molecule has 4 atom stereocenters. The Morgan fingerprint density at radius 2 is 1.61 bits per heavy atom. The van der Waals surface area contributed by atoms with Crippen molar-refractivity contribution in [2.24, 2.45) is 11.8 Å². The summed E-state index contributed by atoms with van der Waals surface area (Å²) in [5.41, 5.74) is -3.01. The maximum Gasteiger partial charge on any atom is 0.457 e. The van der Waals surface area contributed by atoms with Crippen molar-refractivity contribution in [3.63, 3.8) is 0 Å². The lowest BCUT2D eigenvalue weighted by atomic mass is 9.73. The predicted molar refractivity (Wildman–Crippen MR) is 148 cm³/mol. The standard InChI is InChI=1S/C28H50BN3O6/c1-18(33)30-28(22(34)31-24(2,3)4)19(13-12-15-29-37-26(8,9)27(10,11)38-29)17-21-20(28)14-16-32(21)23(35)36-25(5,6)7/h19-21H,12-17H2,1-11H3,(H,30,33)(H,31,34). The molecule has 3 aliphatic rings. The van der Waals surface area contributed by atoms with Crippen LogP contribution in [-0.4, -0.2) is 70.4 Å². The Balaban J connectivity index is 1.87. The predicted octanol–water partition coefficient (Wildman–Crippen LogP) is 4.29. The zero-order valence-corrected chi connectivity index (χ0v) is 25.4. The second-order valence-electron chi connectivity index (χ2n) is 14.4. The smallest absolute Gasteiger partial charge is 0.444 e. The van der Waals surface area contributed by atoms with E-state index >= 15 is 0 Å². The number of hydrogen-bond donors (Lipinski definition) is 2. The summed E-state index contributed by atoms with van der Waals surface area (Å²) in [5.74, 6) is -0.791. The lowest BCUT2D eigenvalue weighted by molar-refractivity contribution is -0.138. The van der Waals surface area contributed by atoms with E-state index in [-0.39, 0.29) is 42.9 Å². The van der Waals surface area contributed by atoms with Crippen LogP contribution >= 0.6 is 0 Å². The molecule has 2 aliphatic heterocycles. The highest BCUT2D eigenvalue weighted by atomic mass is 16.7. The summed E-state index contributed by atoms with van der Waals surface area (Å²) in [4.78, 5) is 41.6. The SMILES string of the molecule is CC(=O)NC1(C(=O)NC(C)(C)C)C(CCCB2OC(C)(C)C(C)(C)O2)CC2C1CCN2C(=O)OC(C)(C)C. The van der Waals surface area contributed by atoms with Gasteiger partial charge in [-0.05, 0) is 101 Å². The fourth-order valence-corrected chi connectivity index (χ4v) is 6.30. The summed E-state index contributed by atoms with van der Waals surface area (Å²) in [7, 11) is -0.322. The van der Waals surface area contributed by atoms with Gasteiger partial charge in [0.2, 0.25) is 11.8 Å². The fourth-order valence-electron chi connectivity index (χ4n) is 6.30. The van der Waals surface area contributed by atoms with Crippen LogP contribution in [0.4, 0.5) is 4.79 Å². The van der Waals surface area contributed by atoms with E-state index < -0.39 is 27.9 Å². The van der Waals surface area contributed by atoms with Crippen molar-refractivity contribution in [2.75, 3.05) is 6.54 Å². The molecule has 3 fully saturated rings. The molecule has 0 bridgehead atoms. The Bertz CT molecular complexity index is 909. The summed E-state index contributed by atoms with van der Waals surface area (Å²) < 4.78 is 18.1. The number of amides is 3. The molecule has 4 unspecified atom stereocenters. The summed E-state index contributed by atoms with van der Waals surface area (Å²) in [5, 5.41) is 6.27. The van der Waals surface area contributed by atoms with Gasteiger partial charge in [-0.2, -0.15) is 0 Å². The molecule has 1 saturated carbocycles. The summed E-state index contributed by atoms with van der Waals surface area (Å²) in [6, 6.07) is -0.190. The van der Waals surface area contributed by atoms with Gasteiger partial charge in [-0.15, -0.1) is 0 Å². The molecular formula is C28H50BN3O6. The van der Waals surface area contributed by atoms with Crippen molar-refractivity contribution >= 4 is 25.0 Å². The molecule has 216 valence electrons. The van der Waals surface area contributed by atoms with Crippen molar-refractivity contribution in [2.45, 2.75) is 142 Å². The van der Waals surface area contributed by atoms with E-state index in [0.717, 1.165) is 6.42 Å². The maximum absolute atomic E-state index is 14.1. The molecule has 0 aromatic carbocycles. The van der Waals surface area contributed by atoms with Crippen LogP contribution in [0.25, 0.3) is 0 Å². The van der Waals surface area contributed by atoms with Crippen LogP contribution in [0.15, 0.2) is 0 Å². The Labute approximate surface area is 229 Å².